The maximum Gasteiger partial charge on any atom is 0.192 e. The van der Waals surface area contributed by atoms with Crippen molar-refractivity contribution in [2.75, 3.05) is 6.79 Å². The molecule has 2 aromatic heterocycles. The van der Waals surface area contributed by atoms with Gasteiger partial charge in [0.2, 0.25) is 0 Å². The number of fused-ring (bicyclic) bond motifs is 1. The lowest BCUT2D eigenvalue weighted by atomic mass is 10.1. The number of hydrogen-bond acceptors (Lipinski definition) is 6. The van der Waals surface area contributed by atoms with Gasteiger partial charge in [-0.05, 0) is 29.8 Å². The summed E-state index contributed by atoms with van der Waals surface area (Å²) in [6.45, 7) is 1.43. The molecule has 8 heteroatoms. The van der Waals surface area contributed by atoms with Gasteiger partial charge in [-0.25, -0.2) is 0 Å². The van der Waals surface area contributed by atoms with E-state index in [9.17, 15) is 0 Å². The molecule has 0 aliphatic carbocycles. The molecule has 31 heavy (non-hydrogen) atoms. The average Bonchev–Trinajstić information content (AvgIpc) is 3.21. The first-order valence-corrected chi connectivity index (χ1v) is 11.2. The Bertz CT molecular complexity index is 1190. The highest BCUT2D eigenvalue weighted by atomic mass is 35.5. The number of rotatable bonds is 6. The molecule has 156 valence electrons. The molecular formula is C23H19ClN4O2S. The molecule has 0 unspecified atom stereocenters. The molecule has 5 rings (SSSR count). The number of aromatic nitrogens is 4. The van der Waals surface area contributed by atoms with Gasteiger partial charge in [-0.2, -0.15) is 0 Å². The van der Waals surface area contributed by atoms with Gasteiger partial charge in [0.25, 0.3) is 0 Å². The van der Waals surface area contributed by atoms with Crippen LogP contribution in [0.5, 0.6) is 5.75 Å². The molecule has 0 amide bonds. The molecular weight excluding hydrogens is 432 g/mol. The van der Waals surface area contributed by atoms with Crippen LogP contribution in [0.4, 0.5) is 0 Å². The maximum absolute atomic E-state index is 6.33. The van der Waals surface area contributed by atoms with Gasteiger partial charge in [-0.15, -0.1) is 10.2 Å². The highest BCUT2D eigenvalue weighted by Gasteiger charge is 2.19. The van der Waals surface area contributed by atoms with Crippen LogP contribution in [-0.4, -0.2) is 26.5 Å². The van der Waals surface area contributed by atoms with Gasteiger partial charge in [0.1, 0.15) is 5.75 Å². The first kappa shape index (κ1) is 20.1. The van der Waals surface area contributed by atoms with Gasteiger partial charge >= 0.3 is 0 Å². The largest absolute Gasteiger partial charge is 0.467 e. The molecule has 3 heterocycles. The van der Waals surface area contributed by atoms with E-state index in [1.54, 1.807) is 24.2 Å². The minimum Gasteiger partial charge on any atom is -0.467 e. The SMILES string of the molecule is Clc1cc2c(c(CSc3nnc(-c4ccncc4)n3Cc3ccccc3)c1)OCOC2. The van der Waals surface area contributed by atoms with E-state index in [1.807, 2.05) is 42.5 Å². The lowest BCUT2D eigenvalue weighted by Crippen LogP contribution is -2.13. The second-order valence-electron chi connectivity index (χ2n) is 7.07. The topological polar surface area (TPSA) is 62.1 Å². The number of nitrogens with zero attached hydrogens (tertiary/aromatic N) is 4. The smallest absolute Gasteiger partial charge is 0.192 e. The van der Waals surface area contributed by atoms with Gasteiger partial charge in [-0.1, -0.05) is 53.7 Å². The molecule has 2 aromatic carbocycles. The van der Waals surface area contributed by atoms with Crippen molar-refractivity contribution in [3.05, 3.63) is 88.7 Å². The molecule has 6 nitrogen and oxygen atoms in total. The van der Waals surface area contributed by atoms with Crippen LogP contribution in [0.1, 0.15) is 16.7 Å². The van der Waals surface area contributed by atoms with Crippen molar-refractivity contribution in [1.29, 1.82) is 0 Å². The summed E-state index contributed by atoms with van der Waals surface area (Å²) in [5.41, 5.74) is 4.15. The highest BCUT2D eigenvalue weighted by Crippen LogP contribution is 2.36. The third-order valence-corrected chi connectivity index (χ3v) is 6.18. The van der Waals surface area contributed by atoms with Crippen molar-refractivity contribution < 1.29 is 9.47 Å². The Kier molecular flexibility index (Phi) is 5.88. The summed E-state index contributed by atoms with van der Waals surface area (Å²) >= 11 is 7.94. The highest BCUT2D eigenvalue weighted by molar-refractivity contribution is 7.98. The number of ether oxygens (including phenoxy) is 2. The number of hydrogen-bond donors (Lipinski definition) is 0. The fraction of sp³-hybridized carbons (Fsp3) is 0.174. The van der Waals surface area contributed by atoms with Crippen LogP contribution in [0, 0.1) is 0 Å². The lowest BCUT2D eigenvalue weighted by molar-refractivity contribution is -0.0168. The molecule has 0 N–H and O–H groups in total. The molecule has 4 aromatic rings. The summed E-state index contributed by atoms with van der Waals surface area (Å²) < 4.78 is 13.3. The molecule has 0 spiro atoms. The van der Waals surface area contributed by atoms with Gasteiger partial charge in [-0.3, -0.25) is 9.55 Å². The zero-order chi connectivity index (χ0) is 21.0. The molecule has 0 atom stereocenters. The monoisotopic (exact) mass is 450 g/mol. The Labute approximate surface area is 189 Å². The number of halogens is 1. The summed E-state index contributed by atoms with van der Waals surface area (Å²) in [7, 11) is 0. The molecule has 0 saturated heterocycles. The van der Waals surface area contributed by atoms with Crippen molar-refractivity contribution in [3.8, 4) is 17.1 Å². The predicted octanol–water partition coefficient (Wildman–Crippen LogP) is 5.20. The van der Waals surface area contributed by atoms with Crippen LogP contribution in [0.2, 0.25) is 5.02 Å². The minimum absolute atomic E-state index is 0.253. The molecule has 0 saturated carbocycles. The summed E-state index contributed by atoms with van der Waals surface area (Å²) in [4.78, 5) is 4.12. The Morgan fingerprint density at radius 2 is 1.87 bits per heavy atom. The number of thioether (sulfide) groups is 1. The lowest BCUT2D eigenvalue weighted by Gasteiger charge is -2.21. The van der Waals surface area contributed by atoms with Crippen LogP contribution in [0.25, 0.3) is 11.4 Å². The minimum atomic E-state index is 0.253. The molecule has 0 fully saturated rings. The van der Waals surface area contributed by atoms with Gasteiger partial charge in [0, 0.05) is 39.9 Å². The molecule has 1 aliphatic heterocycles. The Hall–Kier alpha value is -2.87. The molecule has 1 aliphatic rings. The van der Waals surface area contributed by atoms with Crippen molar-refractivity contribution >= 4 is 23.4 Å². The van der Waals surface area contributed by atoms with E-state index >= 15 is 0 Å². The third-order valence-electron chi connectivity index (χ3n) is 4.95. The number of pyridine rings is 1. The first-order valence-electron chi connectivity index (χ1n) is 9.80. The van der Waals surface area contributed by atoms with E-state index in [4.69, 9.17) is 21.1 Å². The van der Waals surface area contributed by atoms with E-state index in [1.165, 1.54) is 5.56 Å². The van der Waals surface area contributed by atoms with Gasteiger partial charge in [0.15, 0.2) is 17.8 Å². The predicted molar refractivity (Wildman–Crippen MR) is 120 cm³/mol. The Morgan fingerprint density at radius 1 is 1.03 bits per heavy atom. The molecule has 0 radical (unpaired) electrons. The summed E-state index contributed by atoms with van der Waals surface area (Å²) in [5.74, 6) is 2.32. The van der Waals surface area contributed by atoms with Gasteiger partial charge < -0.3 is 9.47 Å². The van der Waals surface area contributed by atoms with E-state index in [-0.39, 0.29) is 6.79 Å². The fourth-order valence-corrected chi connectivity index (χ4v) is 4.69. The van der Waals surface area contributed by atoms with Crippen molar-refractivity contribution in [2.24, 2.45) is 0 Å². The van der Waals surface area contributed by atoms with Crippen LogP contribution < -0.4 is 4.74 Å². The molecule has 0 bridgehead atoms. The summed E-state index contributed by atoms with van der Waals surface area (Å²) in [6.07, 6.45) is 3.53. The van der Waals surface area contributed by atoms with Crippen LogP contribution in [0.15, 0.2) is 72.1 Å². The van der Waals surface area contributed by atoms with Crippen molar-refractivity contribution in [1.82, 2.24) is 19.7 Å². The van der Waals surface area contributed by atoms with Crippen molar-refractivity contribution in [2.45, 2.75) is 24.1 Å². The van der Waals surface area contributed by atoms with E-state index in [2.05, 4.69) is 31.9 Å². The fourth-order valence-electron chi connectivity index (χ4n) is 3.52. The first-order chi connectivity index (χ1) is 15.3. The number of benzene rings is 2. The van der Waals surface area contributed by atoms with Crippen molar-refractivity contribution in [3.63, 3.8) is 0 Å². The van der Waals surface area contributed by atoms with E-state index < -0.39 is 0 Å². The maximum atomic E-state index is 6.33. The zero-order valence-corrected chi connectivity index (χ0v) is 18.1. The second kappa shape index (κ2) is 9.09. The quantitative estimate of drug-likeness (QED) is 0.376. The Balaban J connectivity index is 1.47. The summed E-state index contributed by atoms with van der Waals surface area (Å²) in [5, 5.41) is 10.5. The zero-order valence-electron chi connectivity index (χ0n) is 16.6. The standard InChI is InChI=1S/C23H19ClN4O2S/c24-20-10-18-13-29-15-30-21(18)19(11-20)14-31-23-27-26-22(17-6-8-25-9-7-17)28(23)12-16-4-2-1-3-5-16/h1-11H,12-15H2. The summed E-state index contributed by atoms with van der Waals surface area (Å²) in [6, 6.07) is 18.0. The van der Waals surface area contributed by atoms with Crippen LogP contribution in [0.3, 0.4) is 0 Å². The van der Waals surface area contributed by atoms with E-state index in [0.29, 0.717) is 23.9 Å². The normalized spacial score (nSPS) is 12.9. The van der Waals surface area contributed by atoms with Crippen LogP contribution >= 0.6 is 23.4 Å². The average molecular weight is 451 g/mol. The van der Waals surface area contributed by atoms with Crippen LogP contribution in [-0.2, 0) is 23.6 Å². The second-order valence-corrected chi connectivity index (χ2v) is 8.45. The third kappa shape index (κ3) is 4.44. The van der Waals surface area contributed by atoms with E-state index in [0.717, 1.165) is 33.4 Å². The Morgan fingerprint density at radius 3 is 2.71 bits per heavy atom. The van der Waals surface area contributed by atoms with Gasteiger partial charge in [0.05, 0.1) is 13.2 Å².